The highest BCUT2D eigenvalue weighted by molar-refractivity contribution is 7.99. The monoisotopic (exact) mass is 342 g/mol. The first-order chi connectivity index (χ1) is 10.1. The Bertz CT molecular complexity index is 622. The highest BCUT2D eigenvalue weighted by Crippen LogP contribution is 2.28. The third kappa shape index (κ3) is 4.40. The van der Waals surface area contributed by atoms with E-state index in [1.807, 2.05) is 24.3 Å². The summed E-state index contributed by atoms with van der Waals surface area (Å²) < 4.78 is 0. The lowest BCUT2D eigenvalue weighted by atomic mass is 10.2. The lowest BCUT2D eigenvalue weighted by Gasteiger charge is -2.11. The second-order valence-corrected chi connectivity index (χ2v) is 6.18. The Hall–Kier alpha value is -1.17. The van der Waals surface area contributed by atoms with Crippen molar-refractivity contribution < 1.29 is 0 Å². The zero-order valence-electron chi connectivity index (χ0n) is 11.6. The fraction of sp³-hybridized carbons (Fsp3) is 0.286. The van der Waals surface area contributed by atoms with Crippen LogP contribution in [-0.4, -0.2) is 15.7 Å². The van der Waals surface area contributed by atoms with Crippen molar-refractivity contribution >= 4 is 46.5 Å². The van der Waals surface area contributed by atoms with E-state index in [1.54, 1.807) is 11.8 Å². The Labute approximate surface area is 138 Å². The molecular formula is C14H16Cl2N4S. The molecule has 2 aromatic rings. The Morgan fingerprint density at radius 1 is 1.24 bits per heavy atom. The second-order valence-electron chi connectivity index (χ2n) is 4.35. The smallest absolute Gasteiger partial charge is 0.191 e. The van der Waals surface area contributed by atoms with Gasteiger partial charge in [0.05, 0.1) is 0 Å². The number of nitrogens with zero attached hydrogens (tertiary/aromatic N) is 2. The number of hydrogen-bond acceptors (Lipinski definition) is 5. The van der Waals surface area contributed by atoms with Gasteiger partial charge >= 0.3 is 0 Å². The van der Waals surface area contributed by atoms with Crippen LogP contribution in [0.1, 0.15) is 18.9 Å². The molecule has 1 aromatic heterocycles. The van der Waals surface area contributed by atoms with Gasteiger partial charge in [0.15, 0.2) is 16.1 Å². The molecule has 4 nitrogen and oxygen atoms in total. The first kappa shape index (κ1) is 16.2. The number of anilines is 2. The molecule has 0 bridgehead atoms. The number of aromatic nitrogens is 2. The summed E-state index contributed by atoms with van der Waals surface area (Å²) in [6, 6.07) is 7.61. The summed E-state index contributed by atoms with van der Waals surface area (Å²) in [5, 5.41) is 4.76. The lowest BCUT2D eigenvalue weighted by Crippen LogP contribution is -2.07. The molecule has 0 fully saturated rings. The first-order valence-corrected chi connectivity index (χ1v) is 8.29. The summed E-state index contributed by atoms with van der Waals surface area (Å²) >= 11 is 13.7. The molecule has 0 saturated carbocycles. The van der Waals surface area contributed by atoms with E-state index >= 15 is 0 Å². The largest absolute Gasteiger partial charge is 0.393 e. The molecule has 0 radical (unpaired) electrons. The van der Waals surface area contributed by atoms with Crippen LogP contribution >= 0.6 is 35.0 Å². The van der Waals surface area contributed by atoms with E-state index in [0.29, 0.717) is 28.2 Å². The SMILES string of the molecule is CCCSc1nc(Cl)c(N)c(NCc2ccccc2Cl)n1. The van der Waals surface area contributed by atoms with E-state index < -0.39 is 0 Å². The van der Waals surface area contributed by atoms with Crippen molar-refractivity contribution in [2.24, 2.45) is 0 Å². The van der Waals surface area contributed by atoms with Gasteiger partial charge in [-0.1, -0.05) is 60.1 Å². The number of nitrogen functional groups attached to an aromatic ring is 1. The molecular weight excluding hydrogens is 327 g/mol. The van der Waals surface area contributed by atoms with Gasteiger partial charge in [-0.3, -0.25) is 0 Å². The summed E-state index contributed by atoms with van der Waals surface area (Å²) in [6.07, 6.45) is 1.04. The molecule has 0 spiro atoms. The van der Waals surface area contributed by atoms with Gasteiger partial charge in [-0.25, -0.2) is 9.97 Å². The van der Waals surface area contributed by atoms with Gasteiger partial charge in [-0.2, -0.15) is 0 Å². The quantitative estimate of drug-likeness (QED) is 0.460. The van der Waals surface area contributed by atoms with E-state index in [-0.39, 0.29) is 5.15 Å². The molecule has 0 aliphatic heterocycles. The Morgan fingerprint density at radius 3 is 2.71 bits per heavy atom. The molecule has 112 valence electrons. The van der Waals surface area contributed by atoms with Crippen molar-refractivity contribution in [1.29, 1.82) is 0 Å². The minimum Gasteiger partial charge on any atom is -0.393 e. The Morgan fingerprint density at radius 2 is 2.00 bits per heavy atom. The fourth-order valence-corrected chi connectivity index (χ4v) is 2.76. The standard InChI is InChI=1S/C14H16Cl2N4S/c1-2-7-21-14-19-12(16)11(17)13(20-14)18-8-9-5-3-4-6-10(9)15/h3-6H,2,7-8,17H2,1H3,(H,18,19,20). The average molecular weight is 343 g/mol. The van der Waals surface area contributed by atoms with Crippen LogP contribution in [0.15, 0.2) is 29.4 Å². The van der Waals surface area contributed by atoms with Crippen molar-refractivity contribution in [2.45, 2.75) is 25.0 Å². The van der Waals surface area contributed by atoms with E-state index in [9.17, 15) is 0 Å². The Kier molecular flexibility index (Phi) is 5.96. The van der Waals surface area contributed by atoms with Gasteiger partial charge in [0, 0.05) is 17.3 Å². The first-order valence-electron chi connectivity index (χ1n) is 6.55. The van der Waals surface area contributed by atoms with Gasteiger partial charge in [-0.15, -0.1) is 0 Å². The van der Waals surface area contributed by atoms with Crippen molar-refractivity contribution in [3.63, 3.8) is 0 Å². The van der Waals surface area contributed by atoms with Crippen LogP contribution in [-0.2, 0) is 6.54 Å². The van der Waals surface area contributed by atoms with Crippen LogP contribution in [0, 0.1) is 0 Å². The number of halogens is 2. The molecule has 0 aliphatic carbocycles. The van der Waals surface area contributed by atoms with Gasteiger partial charge < -0.3 is 11.1 Å². The predicted molar refractivity (Wildman–Crippen MR) is 91.2 cm³/mol. The molecule has 21 heavy (non-hydrogen) atoms. The van der Waals surface area contributed by atoms with Gasteiger partial charge in [0.25, 0.3) is 0 Å². The molecule has 1 aromatic carbocycles. The predicted octanol–water partition coefficient (Wildman–Crippen LogP) is 4.48. The minimum atomic E-state index is 0.269. The number of nitrogens with one attached hydrogen (secondary N) is 1. The third-order valence-electron chi connectivity index (χ3n) is 2.72. The second kappa shape index (κ2) is 7.73. The molecule has 3 N–H and O–H groups in total. The average Bonchev–Trinajstić information content (AvgIpc) is 2.48. The number of thioether (sulfide) groups is 1. The topological polar surface area (TPSA) is 63.8 Å². The molecule has 0 atom stereocenters. The molecule has 0 unspecified atom stereocenters. The summed E-state index contributed by atoms with van der Waals surface area (Å²) in [6.45, 7) is 2.62. The molecule has 0 amide bonds. The van der Waals surface area contributed by atoms with Gasteiger partial charge in [0.2, 0.25) is 0 Å². The molecule has 0 aliphatic rings. The van der Waals surface area contributed by atoms with Gasteiger partial charge in [-0.05, 0) is 18.1 Å². The lowest BCUT2D eigenvalue weighted by molar-refractivity contribution is 0.953. The maximum absolute atomic E-state index is 6.13. The highest BCUT2D eigenvalue weighted by Gasteiger charge is 2.11. The van der Waals surface area contributed by atoms with Crippen LogP contribution in [0.4, 0.5) is 11.5 Å². The molecule has 2 rings (SSSR count). The zero-order valence-corrected chi connectivity index (χ0v) is 13.9. The normalized spacial score (nSPS) is 10.6. The summed E-state index contributed by atoms with van der Waals surface area (Å²) in [7, 11) is 0. The van der Waals surface area contributed by atoms with E-state index in [2.05, 4.69) is 22.2 Å². The molecule has 1 heterocycles. The van der Waals surface area contributed by atoms with Crippen LogP contribution < -0.4 is 11.1 Å². The fourth-order valence-electron chi connectivity index (χ4n) is 1.64. The summed E-state index contributed by atoms with van der Waals surface area (Å²) in [5.74, 6) is 1.47. The number of hydrogen-bond donors (Lipinski definition) is 2. The summed E-state index contributed by atoms with van der Waals surface area (Å²) in [5.41, 5.74) is 7.24. The highest BCUT2D eigenvalue weighted by atomic mass is 35.5. The zero-order chi connectivity index (χ0) is 15.2. The number of benzene rings is 1. The maximum atomic E-state index is 6.13. The Balaban J connectivity index is 2.15. The van der Waals surface area contributed by atoms with E-state index in [4.69, 9.17) is 28.9 Å². The van der Waals surface area contributed by atoms with Crippen molar-refractivity contribution in [3.8, 4) is 0 Å². The molecule has 0 saturated heterocycles. The van der Waals surface area contributed by atoms with Crippen molar-refractivity contribution in [1.82, 2.24) is 9.97 Å². The van der Waals surface area contributed by atoms with Crippen LogP contribution in [0.3, 0.4) is 0 Å². The van der Waals surface area contributed by atoms with Crippen LogP contribution in [0.25, 0.3) is 0 Å². The number of nitrogens with two attached hydrogens (primary N) is 1. The summed E-state index contributed by atoms with van der Waals surface area (Å²) in [4.78, 5) is 8.57. The number of rotatable bonds is 6. The van der Waals surface area contributed by atoms with Crippen LogP contribution in [0.5, 0.6) is 0 Å². The van der Waals surface area contributed by atoms with Gasteiger partial charge in [0.1, 0.15) is 5.69 Å². The minimum absolute atomic E-state index is 0.269. The van der Waals surface area contributed by atoms with E-state index in [1.165, 1.54) is 0 Å². The maximum Gasteiger partial charge on any atom is 0.191 e. The van der Waals surface area contributed by atoms with Crippen molar-refractivity contribution in [3.05, 3.63) is 40.0 Å². The van der Waals surface area contributed by atoms with Crippen LogP contribution in [0.2, 0.25) is 10.2 Å². The van der Waals surface area contributed by atoms with E-state index in [0.717, 1.165) is 17.7 Å². The molecule has 7 heteroatoms. The van der Waals surface area contributed by atoms with Crippen molar-refractivity contribution in [2.75, 3.05) is 16.8 Å². The third-order valence-corrected chi connectivity index (χ3v) is 4.43.